The summed E-state index contributed by atoms with van der Waals surface area (Å²) in [7, 11) is 0. The normalized spacial score (nSPS) is 13.5. The Labute approximate surface area is 79.6 Å². The molecule has 0 aliphatic rings. The molecular formula is C11H18O2. The van der Waals surface area contributed by atoms with Gasteiger partial charge in [-0.2, -0.15) is 0 Å². The van der Waals surface area contributed by atoms with Crippen LogP contribution in [0.4, 0.5) is 0 Å². The van der Waals surface area contributed by atoms with Gasteiger partial charge in [-0.05, 0) is 36.3 Å². The highest BCUT2D eigenvalue weighted by Crippen LogP contribution is 2.16. The molecule has 2 heteroatoms. The van der Waals surface area contributed by atoms with Crippen molar-refractivity contribution >= 4 is 0 Å². The summed E-state index contributed by atoms with van der Waals surface area (Å²) in [4.78, 5) is 0. The van der Waals surface area contributed by atoms with Crippen LogP contribution in [-0.4, -0.2) is 11.7 Å². The standard InChI is InChI=1S/C11H18O2/c1-9(2)5-11(7-12)6-10-3-4-13-8-10/h3-4,8-9,11-12H,5-7H2,1-2H3/t11-/m1/s1. The van der Waals surface area contributed by atoms with E-state index in [0.29, 0.717) is 11.8 Å². The van der Waals surface area contributed by atoms with Crippen molar-refractivity contribution in [2.75, 3.05) is 6.61 Å². The summed E-state index contributed by atoms with van der Waals surface area (Å²) in [5.74, 6) is 1.02. The lowest BCUT2D eigenvalue weighted by molar-refractivity contribution is 0.205. The van der Waals surface area contributed by atoms with Crippen molar-refractivity contribution in [3.63, 3.8) is 0 Å². The SMILES string of the molecule is CC(C)C[C@@H](CO)Cc1ccoc1. The molecule has 1 aromatic heterocycles. The number of furan rings is 1. The van der Waals surface area contributed by atoms with Crippen LogP contribution in [0.1, 0.15) is 25.8 Å². The minimum atomic E-state index is 0.267. The highest BCUT2D eigenvalue weighted by atomic mass is 16.3. The Kier molecular flexibility index (Phi) is 4.03. The monoisotopic (exact) mass is 182 g/mol. The van der Waals surface area contributed by atoms with Gasteiger partial charge >= 0.3 is 0 Å². The molecule has 2 nitrogen and oxygen atoms in total. The zero-order valence-electron chi connectivity index (χ0n) is 8.36. The van der Waals surface area contributed by atoms with Gasteiger partial charge in [0.25, 0.3) is 0 Å². The fourth-order valence-electron chi connectivity index (χ4n) is 1.63. The Bertz CT molecular complexity index is 214. The highest BCUT2D eigenvalue weighted by Gasteiger charge is 2.10. The molecule has 0 amide bonds. The van der Waals surface area contributed by atoms with Gasteiger partial charge in [-0.1, -0.05) is 13.8 Å². The average molecular weight is 182 g/mol. The Morgan fingerprint density at radius 3 is 2.69 bits per heavy atom. The summed E-state index contributed by atoms with van der Waals surface area (Å²) in [6.07, 6.45) is 5.43. The number of rotatable bonds is 5. The summed E-state index contributed by atoms with van der Waals surface area (Å²) in [6.45, 7) is 4.62. The van der Waals surface area contributed by atoms with E-state index in [4.69, 9.17) is 9.52 Å². The Balaban J connectivity index is 2.40. The lowest BCUT2D eigenvalue weighted by Gasteiger charge is -2.14. The Morgan fingerprint density at radius 1 is 1.46 bits per heavy atom. The van der Waals surface area contributed by atoms with Crippen LogP contribution in [0.3, 0.4) is 0 Å². The topological polar surface area (TPSA) is 33.4 Å². The lowest BCUT2D eigenvalue weighted by Crippen LogP contribution is -2.12. The molecule has 0 unspecified atom stereocenters. The molecule has 0 bridgehead atoms. The van der Waals surface area contributed by atoms with Gasteiger partial charge in [0.05, 0.1) is 12.5 Å². The van der Waals surface area contributed by atoms with Gasteiger partial charge in [-0.15, -0.1) is 0 Å². The van der Waals surface area contributed by atoms with E-state index in [0.717, 1.165) is 12.8 Å². The summed E-state index contributed by atoms with van der Waals surface area (Å²) >= 11 is 0. The fraction of sp³-hybridized carbons (Fsp3) is 0.636. The average Bonchev–Trinajstić information content (AvgIpc) is 2.55. The van der Waals surface area contributed by atoms with Crippen LogP contribution < -0.4 is 0 Å². The van der Waals surface area contributed by atoms with E-state index in [1.807, 2.05) is 6.07 Å². The molecule has 1 heterocycles. The first kappa shape index (κ1) is 10.3. The van der Waals surface area contributed by atoms with Crippen LogP contribution in [0.5, 0.6) is 0 Å². The van der Waals surface area contributed by atoms with Crippen molar-refractivity contribution < 1.29 is 9.52 Å². The van der Waals surface area contributed by atoms with Crippen molar-refractivity contribution in [1.82, 2.24) is 0 Å². The molecule has 0 saturated carbocycles. The molecule has 1 aromatic rings. The highest BCUT2D eigenvalue weighted by molar-refractivity contribution is 5.06. The van der Waals surface area contributed by atoms with E-state index >= 15 is 0 Å². The second kappa shape index (κ2) is 5.07. The molecule has 13 heavy (non-hydrogen) atoms. The maximum atomic E-state index is 9.14. The first-order chi connectivity index (χ1) is 6.22. The van der Waals surface area contributed by atoms with E-state index in [9.17, 15) is 0 Å². The second-order valence-electron chi connectivity index (χ2n) is 4.01. The van der Waals surface area contributed by atoms with Crippen molar-refractivity contribution in [3.05, 3.63) is 24.2 Å². The molecule has 0 aliphatic carbocycles. The third-order valence-corrected chi connectivity index (χ3v) is 2.17. The zero-order chi connectivity index (χ0) is 9.68. The Hall–Kier alpha value is -0.760. The molecule has 0 saturated heterocycles. The van der Waals surface area contributed by atoms with Crippen molar-refractivity contribution in [3.8, 4) is 0 Å². The summed E-state index contributed by atoms with van der Waals surface area (Å²) in [5, 5.41) is 9.14. The molecule has 0 aliphatic heterocycles. The van der Waals surface area contributed by atoms with Gasteiger partial charge in [0, 0.05) is 6.61 Å². The minimum Gasteiger partial charge on any atom is -0.472 e. The number of hydrogen-bond acceptors (Lipinski definition) is 2. The van der Waals surface area contributed by atoms with Gasteiger partial charge in [0.15, 0.2) is 0 Å². The summed E-state index contributed by atoms with van der Waals surface area (Å²) in [5.41, 5.74) is 1.18. The molecule has 1 N–H and O–H groups in total. The lowest BCUT2D eigenvalue weighted by atomic mass is 9.93. The molecular weight excluding hydrogens is 164 g/mol. The third-order valence-electron chi connectivity index (χ3n) is 2.17. The van der Waals surface area contributed by atoms with Gasteiger partial charge in [0.1, 0.15) is 0 Å². The van der Waals surface area contributed by atoms with E-state index in [1.54, 1.807) is 12.5 Å². The molecule has 0 spiro atoms. The van der Waals surface area contributed by atoms with E-state index in [2.05, 4.69) is 13.8 Å². The smallest absolute Gasteiger partial charge is 0.0934 e. The maximum Gasteiger partial charge on any atom is 0.0934 e. The van der Waals surface area contributed by atoms with Gasteiger partial charge in [-0.3, -0.25) is 0 Å². The predicted octanol–water partition coefficient (Wildman–Crippen LogP) is 2.48. The quantitative estimate of drug-likeness (QED) is 0.759. The van der Waals surface area contributed by atoms with E-state index < -0.39 is 0 Å². The number of aliphatic hydroxyl groups excluding tert-OH is 1. The summed E-state index contributed by atoms with van der Waals surface area (Å²) < 4.78 is 4.98. The molecule has 0 aromatic carbocycles. The number of hydrogen-bond donors (Lipinski definition) is 1. The van der Waals surface area contributed by atoms with Crippen LogP contribution in [0.25, 0.3) is 0 Å². The van der Waals surface area contributed by atoms with Gasteiger partial charge in [-0.25, -0.2) is 0 Å². The van der Waals surface area contributed by atoms with Crippen molar-refractivity contribution in [1.29, 1.82) is 0 Å². The third kappa shape index (κ3) is 3.64. The summed E-state index contributed by atoms with van der Waals surface area (Å²) in [6, 6.07) is 1.96. The predicted molar refractivity (Wildman–Crippen MR) is 52.4 cm³/mol. The van der Waals surface area contributed by atoms with Gasteiger partial charge in [0.2, 0.25) is 0 Å². The maximum absolute atomic E-state index is 9.14. The minimum absolute atomic E-state index is 0.267. The Morgan fingerprint density at radius 2 is 2.23 bits per heavy atom. The molecule has 1 atom stereocenters. The van der Waals surface area contributed by atoms with Crippen LogP contribution >= 0.6 is 0 Å². The van der Waals surface area contributed by atoms with Crippen molar-refractivity contribution in [2.24, 2.45) is 11.8 Å². The van der Waals surface area contributed by atoms with Crippen molar-refractivity contribution in [2.45, 2.75) is 26.7 Å². The fourth-order valence-corrected chi connectivity index (χ4v) is 1.63. The largest absolute Gasteiger partial charge is 0.472 e. The van der Waals surface area contributed by atoms with Crippen LogP contribution in [0, 0.1) is 11.8 Å². The van der Waals surface area contributed by atoms with E-state index in [1.165, 1.54) is 5.56 Å². The number of aliphatic hydroxyl groups is 1. The zero-order valence-corrected chi connectivity index (χ0v) is 8.36. The first-order valence-electron chi connectivity index (χ1n) is 4.84. The molecule has 0 fully saturated rings. The first-order valence-corrected chi connectivity index (χ1v) is 4.84. The molecule has 0 radical (unpaired) electrons. The molecule has 1 rings (SSSR count). The van der Waals surface area contributed by atoms with Gasteiger partial charge < -0.3 is 9.52 Å². The molecule has 74 valence electrons. The van der Waals surface area contributed by atoms with Crippen LogP contribution in [-0.2, 0) is 6.42 Å². The second-order valence-corrected chi connectivity index (χ2v) is 4.01. The van der Waals surface area contributed by atoms with Crippen LogP contribution in [0.2, 0.25) is 0 Å². The van der Waals surface area contributed by atoms with E-state index in [-0.39, 0.29) is 6.61 Å². The van der Waals surface area contributed by atoms with Crippen LogP contribution in [0.15, 0.2) is 23.0 Å².